The van der Waals surface area contributed by atoms with Gasteiger partial charge >= 0.3 is 5.97 Å². The van der Waals surface area contributed by atoms with Crippen LogP contribution in [0.3, 0.4) is 0 Å². The second-order valence-electron chi connectivity index (χ2n) is 5.42. The van der Waals surface area contributed by atoms with Crippen LogP contribution in [0.1, 0.15) is 12.5 Å². The topological polar surface area (TPSA) is 51.7 Å². The molecule has 0 spiro atoms. The maximum Gasteiger partial charge on any atom is 0.323 e. The van der Waals surface area contributed by atoms with Crippen molar-refractivity contribution in [2.45, 2.75) is 19.6 Å². The van der Waals surface area contributed by atoms with Crippen LogP contribution in [-0.2, 0) is 20.9 Å². The number of rotatable bonds is 4. The number of ether oxygens (including phenoxy) is 2. The molecule has 1 fully saturated rings. The molecule has 5 heteroatoms. The van der Waals surface area contributed by atoms with E-state index in [4.69, 9.17) is 9.47 Å². The van der Waals surface area contributed by atoms with Crippen molar-refractivity contribution in [3.05, 3.63) is 42.1 Å². The van der Waals surface area contributed by atoms with Gasteiger partial charge in [-0.05, 0) is 13.0 Å². The van der Waals surface area contributed by atoms with Gasteiger partial charge in [0.25, 0.3) is 0 Å². The second-order valence-corrected chi connectivity index (χ2v) is 5.42. The first-order valence-electron chi connectivity index (χ1n) is 7.57. The summed E-state index contributed by atoms with van der Waals surface area (Å²) in [6.07, 6.45) is 1.75. The Labute approximate surface area is 129 Å². The number of aromatic nitrogens is 1. The van der Waals surface area contributed by atoms with Crippen molar-refractivity contribution in [2.75, 3.05) is 26.3 Å². The molecule has 1 unspecified atom stereocenters. The van der Waals surface area contributed by atoms with Crippen molar-refractivity contribution in [3.63, 3.8) is 0 Å². The maximum absolute atomic E-state index is 12.2. The van der Waals surface area contributed by atoms with Crippen LogP contribution in [-0.4, -0.2) is 48.2 Å². The fraction of sp³-hybridized carbons (Fsp3) is 0.412. The minimum Gasteiger partial charge on any atom is -0.460 e. The summed E-state index contributed by atoms with van der Waals surface area (Å²) in [6, 6.07) is 9.57. The third kappa shape index (κ3) is 3.26. The van der Waals surface area contributed by atoms with E-state index in [1.165, 1.54) is 0 Å². The monoisotopic (exact) mass is 300 g/mol. The first kappa shape index (κ1) is 14.9. The van der Waals surface area contributed by atoms with Gasteiger partial charge in [0.15, 0.2) is 0 Å². The van der Waals surface area contributed by atoms with Crippen LogP contribution in [0.25, 0.3) is 10.9 Å². The molecular weight excluding hydrogens is 280 g/mol. The lowest BCUT2D eigenvalue weighted by atomic mass is 10.1. The van der Waals surface area contributed by atoms with Crippen molar-refractivity contribution < 1.29 is 14.3 Å². The number of pyridine rings is 1. The highest BCUT2D eigenvalue weighted by molar-refractivity contribution is 5.82. The molecule has 5 nitrogen and oxygen atoms in total. The number of benzene rings is 1. The molecule has 0 saturated carbocycles. The number of esters is 1. The van der Waals surface area contributed by atoms with E-state index in [1.807, 2.05) is 37.3 Å². The summed E-state index contributed by atoms with van der Waals surface area (Å²) in [5.74, 6) is -0.199. The molecule has 0 aliphatic carbocycles. The van der Waals surface area contributed by atoms with Crippen LogP contribution >= 0.6 is 0 Å². The Balaban J connectivity index is 1.64. The van der Waals surface area contributed by atoms with Gasteiger partial charge < -0.3 is 9.47 Å². The number of nitrogens with zero attached hydrogens (tertiary/aromatic N) is 2. The standard InChI is InChI=1S/C17H20N2O3/c1-13(19-8-10-21-11-9-19)17(20)22-12-15-5-2-4-14-6-3-7-18-16(14)15/h2-7,13H,8-12H2,1H3. The van der Waals surface area contributed by atoms with Crippen molar-refractivity contribution in [1.82, 2.24) is 9.88 Å². The summed E-state index contributed by atoms with van der Waals surface area (Å²) in [5.41, 5.74) is 1.82. The van der Waals surface area contributed by atoms with Gasteiger partial charge in [0.2, 0.25) is 0 Å². The largest absolute Gasteiger partial charge is 0.460 e. The van der Waals surface area contributed by atoms with E-state index >= 15 is 0 Å². The van der Waals surface area contributed by atoms with E-state index in [0.717, 1.165) is 29.6 Å². The summed E-state index contributed by atoms with van der Waals surface area (Å²) in [5, 5.41) is 1.05. The predicted molar refractivity (Wildman–Crippen MR) is 83.4 cm³/mol. The fourth-order valence-electron chi connectivity index (χ4n) is 2.67. The number of hydrogen-bond donors (Lipinski definition) is 0. The zero-order valence-electron chi connectivity index (χ0n) is 12.7. The predicted octanol–water partition coefficient (Wildman–Crippen LogP) is 2.00. The van der Waals surface area contributed by atoms with Crippen LogP contribution < -0.4 is 0 Å². The lowest BCUT2D eigenvalue weighted by Gasteiger charge is -2.30. The van der Waals surface area contributed by atoms with Crippen LogP contribution in [0.15, 0.2) is 36.5 Å². The van der Waals surface area contributed by atoms with E-state index < -0.39 is 0 Å². The number of fused-ring (bicyclic) bond motifs is 1. The van der Waals surface area contributed by atoms with E-state index in [1.54, 1.807) is 6.20 Å². The molecule has 2 aromatic rings. The molecule has 1 saturated heterocycles. The van der Waals surface area contributed by atoms with Crippen molar-refractivity contribution >= 4 is 16.9 Å². The molecule has 0 bridgehead atoms. The lowest BCUT2D eigenvalue weighted by molar-refractivity contribution is -0.152. The molecule has 2 heterocycles. The number of para-hydroxylation sites is 1. The van der Waals surface area contributed by atoms with Gasteiger partial charge in [0, 0.05) is 30.2 Å². The summed E-state index contributed by atoms with van der Waals surface area (Å²) in [6.45, 7) is 5.02. The van der Waals surface area contributed by atoms with Crippen LogP contribution in [0.5, 0.6) is 0 Å². The molecule has 0 radical (unpaired) electrons. The van der Waals surface area contributed by atoms with Gasteiger partial charge in [-0.1, -0.05) is 24.3 Å². The molecule has 1 atom stereocenters. The van der Waals surface area contributed by atoms with Gasteiger partial charge in [0.05, 0.1) is 18.7 Å². The minimum absolute atomic E-state index is 0.199. The Morgan fingerprint density at radius 3 is 2.91 bits per heavy atom. The first-order chi connectivity index (χ1) is 10.8. The average molecular weight is 300 g/mol. The zero-order chi connectivity index (χ0) is 15.4. The molecular formula is C17H20N2O3. The number of carbonyl (C=O) groups excluding carboxylic acids is 1. The third-order valence-corrected chi connectivity index (χ3v) is 4.02. The first-order valence-corrected chi connectivity index (χ1v) is 7.57. The Morgan fingerprint density at radius 2 is 2.09 bits per heavy atom. The van der Waals surface area contributed by atoms with Crippen LogP contribution in [0.2, 0.25) is 0 Å². The fourth-order valence-corrected chi connectivity index (χ4v) is 2.67. The number of carbonyl (C=O) groups is 1. The zero-order valence-corrected chi connectivity index (χ0v) is 12.7. The number of morpholine rings is 1. The molecule has 1 aliphatic heterocycles. The minimum atomic E-state index is -0.244. The second kappa shape index (κ2) is 6.85. The third-order valence-electron chi connectivity index (χ3n) is 4.02. The van der Waals surface area contributed by atoms with Gasteiger partial charge in [-0.3, -0.25) is 14.7 Å². The normalized spacial score (nSPS) is 17.3. The van der Waals surface area contributed by atoms with Crippen molar-refractivity contribution in [2.24, 2.45) is 0 Å². The molecule has 22 heavy (non-hydrogen) atoms. The van der Waals surface area contributed by atoms with E-state index in [9.17, 15) is 4.79 Å². The van der Waals surface area contributed by atoms with Gasteiger partial charge in [-0.15, -0.1) is 0 Å². The highest BCUT2D eigenvalue weighted by Crippen LogP contribution is 2.17. The van der Waals surface area contributed by atoms with Crippen LogP contribution in [0.4, 0.5) is 0 Å². The van der Waals surface area contributed by atoms with Gasteiger partial charge in [-0.2, -0.15) is 0 Å². The lowest BCUT2D eigenvalue weighted by Crippen LogP contribution is -2.46. The molecule has 1 aromatic carbocycles. The van der Waals surface area contributed by atoms with E-state index in [2.05, 4.69) is 9.88 Å². The van der Waals surface area contributed by atoms with E-state index in [0.29, 0.717) is 13.2 Å². The summed E-state index contributed by atoms with van der Waals surface area (Å²) >= 11 is 0. The maximum atomic E-state index is 12.2. The molecule has 3 rings (SSSR count). The highest BCUT2D eigenvalue weighted by Gasteiger charge is 2.24. The quantitative estimate of drug-likeness (QED) is 0.808. The average Bonchev–Trinajstić information content (AvgIpc) is 2.59. The van der Waals surface area contributed by atoms with Crippen molar-refractivity contribution in [3.8, 4) is 0 Å². The Kier molecular flexibility index (Phi) is 4.65. The Hall–Kier alpha value is -1.98. The highest BCUT2D eigenvalue weighted by atomic mass is 16.5. The summed E-state index contributed by atoms with van der Waals surface area (Å²) in [4.78, 5) is 18.7. The molecule has 0 amide bonds. The van der Waals surface area contributed by atoms with Gasteiger partial charge in [-0.25, -0.2) is 0 Å². The summed E-state index contributed by atoms with van der Waals surface area (Å²) in [7, 11) is 0. The van der Waals surface area contributed by atoms with Gasteiger partial charge in [0.1, 0.15) is 12.6 Å². The van der Waals surface area contributed by atoms with Crippen molar-refractivity contribution in [1.29, 1.82) is 0 Å². The smallest absolute Gasteiger partial charge is 0.323 e. The number of hydrogen-bond acceptors (Lipinski definition) is 5. The Bertz CT molecular complexity index is 648. The van der Waals surface area contributed by atoms with E-state index in [-0.39, 0.29) is 18.6 Å². The SMILES string of the molecule is CC(C(=O)OCc1cccc2cccnc12)N1CCOCC1. The summed E-state index contributed by atoms with van der Waals surface area (Å²) < 4.78 is 10.8. The Morgan fingerprint density at radius 1 is 1.32 bits per heavy atom. The molecule has 1 aliphatic rings. The van der Waals surface area contributed by atoms with Crippen LogP contribution in [0, 0.1) is 0 Å². The molecule has 1 aromatic heterocycles. The molecule has 116 valence electrons. The molecule has 0 N–H and O–H groups in total.